The van der Waals surface area contributed by atoms with E-state index in [4.69, 9.17) is 0 Å². The number of likely N-dealkylation sites (N-methyl/N-ethyl adjacent to an activating group) is 1. The van der Waals surface area contributed by atoms with E-state index in [0.717, 1.165) is 43.3 Å². The van der Waals surface area contributed by atoms with Crippen molar-refractivity contribution in [1.82, 2.24) is 25.0 Å². The van der Waals surface area contributed by atoms with Crippen molar-refractivity contribution in [1.29, 1.82) is 0 Å². The molecule has 1 atom stereocenters. The van der Waals surface area contributed by atoms with Crippen LogP contribution in [0.2, 0.25) is 0 Å². The van der Waals surface area contributed by atoms with Gasteiger partial charge in [0.25, 0.3) is 0 Å². The zero-order valence-corrected chi connectivity index (χ0v) is 15.4. The van der Waals surface area contributed by atoms with E-state index in [1.807, 2.05) is 31.2 Å². The van der Waals surface area contributed by atoms with Crippen molar-refractivity contribution < 1.29 is 4.79 Å². The van der Waals surface area contributed by atoms with Crippen LogP contribution >= 0.6 is 0 Å². The van der Waals surface area contributed by atoms with E-state index >= 15 is 0 Å². The van der Waals surface area contributed by atoms with Gasteiger partial charge >= 0.3 is 0 Å². The van der Waals surface area contributed by atoms with E-state index in [-0.39, 0.29) is 11.9 Å². The molecule has 7 heteroatoms. The Morgan fingerprint density at radius 2 is 2.04 bits per heavy atom. The zero-order valence-electron chi connectivity index (χ0n) is 15.4. The number of rotatable bonds is 5. The third-order valence-corrected chi connectivity index (χ3v) is 5.32. The molecule has 1 amide bonds. The second-order valence-corrected chi connectivity index (χ2v) is 7.40. The fraction of sp³-hybridized carbons (Fsp3) is 0.526. The third kappa shape index (κ3) is 3.78. The number of anilines is 1. The molecule has 1 aliphatic carbocycles. The Kier molecular flexibility index (Phi) is 4.74. The van der Waals surface area contributed by atoms with Crippen LogP contribution in [0.5, 0.6) is 0 Å². The molecule has 0 unspecified atom stereocenters. The van der Waals surface area contributed by atoms with Crippen molar-refractivity contribution in [2.75, 3.05) is 38.5 Å². The molecule has 2 N–H and O–H groups in total. The monoisotopic (exact) mass is 354 g/mol. The van der Waals surface area contributed by atoms with Gasteiger partial charge in [-0.2, -0.15) is 5.10 Å². The predicted molar refractivity (Wildman–Crippen MR) is 101 cm³/mol. The number of piperazine rings is 1. The fourth-order valence-corrected chi connectivity index (χ4v) is 3.30. The highest BCUT2D eigenvalue weighted by atomic mass is 16.2. The first-order valence-electron chi connectivity index (χ1n) is 9.36. The minimum atomic E-state index is -0.141. The topological polar surface area (TPSA) is 77.1 Å². The van der Waals surface area contributed by atoms with E-state index in [9.17, 15) is 4.79 Å². The van der Waals surface area contributed by atoms with E-state index in [0.29, 0.717) is 11.7 Å². The van der Waals surface area contributed by atoms with Crippen molar-refractivity contribution in [3.8, 4) is 11.4 Å². The number of nitrogens with zero attached hydrogens (tertiary/aromatic N) is 4. The Bertz CT molecular complexity index is 776. The van der Waals surface area contributed by atoms with Crippen LogP contribution in [0.3, 0.4) is 0 Å². The summed E-state index contributed by atoms with van der Waals surface area (Å²) in [4.78, 5) is 21.7. The maximum absolute atomic E-state index is 12.6. The highest BCUT2D eigenvalue weighted by Crippen LogP contribution is 2.38. The summed E-state index contributed by atoms with van der Waals surface area (Å²) >= 11 is 0. The largest absolute Gasteiger partial charge is 0.325 e. The fourth-order valence-electron chi connectivity index (χ4n) is 3.30. The molecule has 1 aromatic carbocycles. The van der Waals surface area contributed by atoms with Crippen LogP contribution in [-0.4, -0.2) is 70.2 Å². The van der Waals surface area contributed by atoms with Crippen LogP contribution in [0.25, 0.3) is 11.4 Å². The number of aromatic amines is 1. The second kappa shape index (κ2) is 7.17. The van der Waals surface area contributed by atoms with Gasteiger partial charge in [0.05, 0.1) is 6.04 Å². The van der Waals surface area contributed by atoms with E-state index in [1.54, 1.807) is 0 Å². The van der Waals surface area contributed by atoms with Crippen LogP contribution in [0, 0.1) is 0 Å². The van der Waals surface area contributed by atoms with Gasteiger partial charge in [-0.15, -0.1) is 0 Å². The Balaban J connectivity index is 1.42. The van der Waals surface area contributed by atoms with Gasteiger partial charge in [-0.05, 0) is 38.9 Å². The Morgan fingerprint density at radius 3 is 2.77 bits per heavy atom. The summed E-state index contributed by atoms with van der Waals surface area (Å²) < 4.78 is 0. The van der Waals surface area contributed by atoms with Gasteiger partial charge in [-0.1, -0.05) is 12.1 Å². The van der Waals surface area contributed by atoms with Gasteiger partial charge in [0.2, 0.25) is 5.91 Å². The first kappa shape index (κ1) is 17.2. The summed E-state index contributed by atoms with van der Waals surface area (Å²) in [5, 5.41) is 10.4. The van der Waals surface area contributed by atoms with Gasteiger partial charge in [-0.25, -0.2) is 4.98 Å². The highest BCUT2D eigenvalue weighted by molar-refractivity contribution is 5.95. The Morgan fingerprint density at radius 1 is 1.27 bits per heavy atom. The van der Waals surface area contributed by atoms with Crippen molar-refractivity contribution in [2.24, 2.45) is 0 Å². The minimum absolute atomic E-state index is 0.0281. The minimum Gasteiger partial charge on any atom is -0.325 e. The summed E-state index contributed by atoms with van der Waals surface area (Å²) in [7, 11) is 2.12. The van der Waals surface area contributed by atoms with Gasteiger partial charge in [0.1, 0.15) is 5.82 Å². The molecule has 1 saturated heterocycles. The summed E-state index contributed by atoms with van der Waals surface area (Å²) in [5.41, 5.74) is 1.70. The molecule has 0 spiro atoms. The molecular weight excluding hydrogens is 328 g/mol. The van der Waals surface area contributed by atoms with Crippen LogP contribution in [0.15, 0.2) is 24.3 Å². The normalized spacial score (nSPS) is 20.1. The summed E-state index contributed by atoms with van der Waals surface area (Å²) in [6.45, 7) is 5.82. The number of H-pyrrole nitrogens is 1. The average molecular weight is 354 g/mol. The van der Waals surface area contributed by atoms with Crippen LogP contribution < -0.4 is 5.32 Å². The van der Waals surface area contributed by atoms with Gasteiger partial charge < -0.3 is 10.2 Å². The van der Waals surface area contributed by atoms with Crippen LogP contribution in [0.1, 0.15) is 31.5 Å². The lowest BCUT2D eigenvalue weighted by molar-refractivity contribution is -0.121. The lowest BCUT2D eigenvalue weighted by atomic mass is 10.1. The summed E-state index contributed by atoms with van der Waals surface area (Å²) in [6, 6.07) is 7.61. The molecule has 2 fully saturated rings. The number of amides is 1. The van der Waals surface area contributed by atoms with Crippen molar-refractivity contribution in [3.63, 3.8) is 0 Å². The number of benzene rings is 1. The van der Waals surface area contributed by atoms with Crippen molar-refractivity contribution in [3.05, 3.63) is 30.1 Å². The van der Waals surface area contributed by atoms with Crippen molar-refractivity contribution >= 4 is 11.6 Å². The molecule has 4 rings (SSSR count). The molecule has 2 aromatic rings. The predicted octanol–water partition coefficient (Wildman–Crippen LogP) is 1.92. The third-order valence-electron chi connectivity index (χ3n) is 5.32. The number of aromatic nitrogens is 3. The number of hydrogen-bond donors (Lipinski definition) is 2. The molecule has 0 bridgehead atoms. The molecule has 7 nitrogen and oxygen atoms in total. The average Bonchev–Trinajstić information content (AvgIpc) is 3.39. The Labute approximate surface area is 153 Å². The number of carbonyl (C=O) groups excluding carboxylic acids is 1. The quantitative estimate of drug-likeness (QED) is 0.858. The number of carbonyl (C=O) groups is 1. The second-order valence-electron chi connectivity index (χ2n) is 7.40. The smallest absolute Gasteiger partial charge is 0.241 e. The summed E-state index contributed by atoms with van der Waals surface area (Å²) in [6.07, 6.45) is 2.38. The molecule has 138 valence electrons. The summed E-state index contributed by atoms with van der Waals surface area (Å²) in [5.74, 6) is 2.23. The highest BCUT2D eigenvalue weighted by Gasteiger charge is 2.27. The zero-order chi connectivity index (χ0) is 18.1. The maximum atomic E-state index is 12.6. The first-order chi connectivity index (χ1) is 12.6. The maximum Gasteiger partial charge on any atom is 0.241 e. The molecule has 2 aliphatic rings. The van der Waals surface area contributed by atoms with Crippen molar-refractivity contribution in [2.45, 2.75) is 31.7 Å². The SMILES string of the molecule is C[C@H](C(=O)Nc1cccc(-c2n[nH]c(C3CC3)n2)c1)N1CCN(C)CC1. The molecule has 1 aromatic heterocycles. The van der Waals surface area contributed by atoms with E-state index in [1.165, 1.54) is 12.8 Å². The molecular formula is C19H26N6O. The lowest BCUT2D eigenvalue weighted by Gasteiger charge is -2.35. The Hall–Kier alpha value is -2.25. The van der Waals surface area contributed by atoms with E-state index in [2.05, 4.69) is 37.3 Å². The molecule has 2 heterocycles. The van der Waals surface area contributed by atoms with Crippen LogP contribution in [0.4, 0.5) is 5.69 Å². The molecule has 26 heavy (non-hydrogen) atoms. The number of hydrogen-bond acceptors (Lipinski definition) is 5. The van der Waals surface area contributed by atoms with Gasteiger partial charge in [-0.3, -0.25) is 14.8 Å². The molecule has 0 radical (unpaired) electrons. The standard InChI is InChI=1S/C19H26N6O/c1-13(25-10-8-24(2)9-11-25)19(26)20-16-5-3-4-15(12-16)18-21-17(22-23-18)14-6-7-14/h3-5,12-14H,6-11H2,1-2H3,(H,20,26)(H,21,22,23)/t13-/m1/s1. The first-order valence-corrected chi connectivity index (χ1v) is 9.36. The van der Waals surface area contributed by atoms with Crippen LogP contribution in [-0.2, 0) is 4.79 Å². The molecule has 1 saturated carbocycles. The molecule has 1 aliphatic heterocycles. The van der Waals surface area contributed by atoms with E-state index < -0.39 is 0 Å². The number of nitrogens with one attached hydrogen (secondary N) is 2. The van der Waals surface area contributed by atoms with Gasteiger partial charge in [0.15, 0.2) is 5.82 Å². The lowest BCUT2D eigenvalue weighted by Crippen LogP contribution is -2.51. The van der Waals surface area contributed by atoms with Gasteiger partial charge in [0, 0.05) is 43.3 Å².